The number of hydrogen-bond acceptors (Lipinski definition) is 6. The van der Waals surface area contributed by atoms with E-state index in [0.29, 0.717) is 43.5 Å². The van der Waals surface area contributed by atoms with Crippen LogP contribution in [-0.2, 0) is 7.05 Å². The smallest absolute Gasteiger partial charge is 0.325 e. The van der Waals surface area contributed by atoms with Crippen molar-refractivity contribution in [2.75, 3.05) is 54.9 Å². The number of urea groups is 2. The molecule has 1 atom stereocenters. The molecule has 0 radical (unpaired) electrons. The minimum Gasteiger partial charge on any atom is -0.329 e. The fourth-order valence-corrected chi connectivity index (χ4v) is 4.37. The number of rotatable bonds is 4. The normalized spacial score (nSPS) is 22.9. The van der Waals surface area contributed by atoms with Gasteiger partial charge in [-0.2, -0.15) is 5.10 Å². The zero-order chi connectivity index (χ0) is 22.5. The molecule has 5 amide bonds. The first-order valence-corrected chi connectivity index (χ1v) is 10.5. The molecule has 5 rings (SSSR count). The molecule has 1 unspecified atom stereocenters. The summed E-state index contributed by atoms with van der Waals surface area (Å²) in [6.07, 6.45) is 2.50. The predicted octanol–water partition coefficient (Wildman–Crippen LogP) is 0.201. The Morgan fingerprint density at radius 2 is 2.03 bits per heavy atom. The number of likely N-dealkylation sites (N-methyl/N-ethyl adjacent to an activating group) is 1. The van der Waals surface area contributed by atoms with Crippen LogP contribution < -0.4 is 25.8 Å². The van der Waals surface area contributed by atoms with Gasteiger partial charge in [0, 0.05) is 33.7 Å². The van der Waals surface area contributed by atoms with Gasteiger partial charge in [0.25, 0.3) is 5.91 Å². The van der Waals surface area contributed by atoms with Crippen LogP contribution in [0, 0.1) is 0 Å². The lowest BCUT2D eigenvalue weighted by molar-refractivity contribution is 0.102. The number of hydrogen-bond donors (Lipinski definition) is 3. The van der Waals surface area contributed by atoms with E-state index in [1.807, 2.05) is 0 Å². The van der Waals surface area contributed by atoms with Gasteiger partial charge < -0.3 is 20.9 Å². The summed E-state index contributed by atoms with van der Waals surface area (Å²) in [5, 5.41) is 13.5. The number of nitrogens with zero attached hydrogens (tertiary/aromatic N) is 6. The minimum atomic E-state index is -0.446. The summed E-state index contributed by atoms with van der Waals surface area (Å²) in [5.74, 6) is 0.362. The van der Waals surface area contributed by atoms with Crippen LogP contribution in [0.4, 0.5) is 26.9 Å². The van der Waals surface area contributed by atoms with Crippen LogP contribution in [0.2, 0.25) is 0 Å². The molecule has 32 heavy (non-hydrogen) atoms. The second kappa shape index (κ2) is 7.48. The second-order valence-electron chi connectivity index (χ2n) is 8.45. The van der Waals surface area contributed by atoms with E-state index in [4.69, 9.17) is 0 Å². The van der Waals surface area contributed by atoms with Gasteiger partial charge in [0.15, 0.2) is 5.82 Å². The number of anilines is 3. The predicted molar refractivity (Wildman–Crippen MR) is 117 cm³/mol. The molecule has 12 nitrogen and oxygen atoms in total. The average molecular weight is 439 g/mol. The zero-order valence-corrected chi connectivity index (χ0v) is 18.0. The first kappa shape index (κ1) is 20.2. The largest absolute Gasteiger partial charge is 0.329 e. The molecule has 0 aliphatic carbocycles. The molecule has 2 aromatic heterocycles. The molecule has 3 N–H and O–H groups in total. The molecule has 12 heteroatoms. The number of carbonyl (C=O) groups excluding carboxylic acids is 3. The molecule has 168 valence electrons. The highest BCUT2D eigenvalue weighted by Crippen LogP contribution is 2.28. The zero-order valence-electron chi connectivity index (χ0n) is 18.0. The fourth-order valence-electron chi connectivity index (χ4n) is 4.37. The molecule has 3 saturated heterocycles. The maximum atomic E-state index is 13.0. The Labute approximate surface area is 184 Å². The molecule has 3 aliphatic heterocycles. The molecular weight excluding hydrogens is 414 g/mol. The Hall–Kier alpha value is -3.67. The molecule has 1 spiro atoms. The molecule has 2 aromatic rings. The van der Waals surface area contributed by atoms with Gasteiger partial charge in [-0.1, -0.05) is 6.07 Å². The Bertz CT molecular complexity index is 1090. The Kier molecular flexibility index (Phi) is 4.73. The van der Waals surface area contributed by atoms with E-state index in [1.54, 1.807) is 53.0 Å². The van der Waals surface area contributed by atoms with E-state index in [9.17, 15) is 14.4 Å². The number of carbonyl (C=O) groups is 3. The lowest BCUT2D eigenvalue weighted by Crippen LogP contribution is -2.45. The molecular formula is C20H25N9O3. The maximum absolute atomic E-state index is 13.0. The Morgan fingerprint density at radius 3 is 2.75 bits per heavy atom. The van der Waals surface area contributed by atoms with Crippen LogP contribution in [0.3, 0.4) is 0 Å². The van der Waals surface area contributed by atoms with E-state index >= 15 is 0 Å². The fraction of sp³-hybridized carbons (Fsp3) is 0.450. The number of aromatic nitrogens is 3. The first-order chi connectivity index (χ1) is 15.3. The summed E-state index contributed by atoms with van der Waals surface area (Å²) in [6.45, 7) is 3.13. The monoisotopic (exact) mass is 439 g/mol. The van der Waals surface area contributed by atoms with Crippen LogP contribution in [0.15, 0.2) is 24.4 Å². The topological polar surface area (TPSA) is 128 Å². The van der Waals surface area contributed by atoms with Gasteiger partial charge in [-0.25, -0.2) is 14.6 Å². The van der Waals surface area contributed by atoms with E-state index < -0.39 is 5.91 Å². The molecule has 3 aliphatic rings. The third-order valence-corrected chi connectivity index (χ3v) is 6.09. The quantitative estimate of drug-likeness (QED) is 0.625. The minimum absolute atomic E-state index is 0.167. The lowest BCUT2D eigenvalue weighted by atomic mass is 10.0. The van der Waals surface area contributed by atoms with Crippen molar-refractivity contribution in [1.82, 2.24) is 30.3 Å². The molecule has 0 saturated carbocycles. The summed E-state index contributed by atoms with van der Waals surface area (Å²) in [7, 11) is 3.45. The van der Waals surface area contributed by atoms with Gasteiger partial charge in [0.2, 0.25) is 0 Å². The van der Waals surface area contributed by atoms with Crippen molar-refractivity contribution in [3.63, 3.8) is 0 Å². The van der Waals surface area contributed by atoms with Crippen molar-refractivity contribution in [2.45, 2.75) is 12.0 Å². The molecule has 5 heterocycles. The SMILES string of the molecule is CN1CCN(c2nn(C)cc2NC(=O)c2cccc(N3CC4(CCNC4)NC3=O)n2)C1=O. The third-order valence-electron chi connectivity index (χ3n) is 6.09. The van der Waals surface area contributed by atoms with Crippen LogP contribution in [-0.4, -0.2) is 82.9 Å². The van der Waals surface area contributed by atoms with Crippen molar-refractivity contribution < 1.29 is 14.4 Å². The van der Waals surface area contributed by atoms with E-state index in [2.05, 4.69) is 26.0 Å². The summed E-state index contributed by atoms with van der Waals surface area (Å²) in [5.41, 5.74) is 0.292. The number of amides is 5. The standard InChI is InChI=1S/C20H25N9O3/c1-26-8-9-28(19(26)32)16-14(10-27(2)25-16)23-17(30)13-4-3-5-15(22-13)29-12-20(24-18(29)31)6-7-21-11-20/h3-5,10,21H,6-9,11-12H2,1-2H3,(H,23,30)(H,24,31). The van der Waals surface area contributed by atoms with Crippen molar-refractivity contribution in [3.05, 3.63) is 30.1 Å². The first-order valence-electron chi connectivity index (χ1n) is 10.5. The highest BCUT2D eigenvalue weighted by molar-refractivity contribution is 6.06. The van der Waals surface area contributed by atoms with Gasteiger partial charge in [-0.15, -0.1) is 0 Å². The second-order valence-corrected chi connectivity index (χ2v) is 8.45. The molecule has 3 fully saturated rings. The number of pyridine rings is 1. The van der Waals surface area contributed by atoms with Crippen LogP contribution in [0.5, 0.6) is 0 Å². The Morgan fingerprint density at radius 1 is 1.19 bits per heavy atom. The van der Waals surface area contributed by atoms with Crippen LogP contribution in [0.1, 0.15) is 16.9 Å². The van der Waals surface area contributed by atoms with Gasteiger partial charge in [-0.05, 0) is 25.1 Å². The van der Waals surface area contributed by atoms with Crippen molar-refractivity contribution in [2.24, 2.45) is 7.05 Å². The summed E-state index contributed by atoms with van der Waals surface area (Å²) in [4.78, 5) is 47.0. The third kappa shape index (κ3) is 3.42. The molecule has 0 aromatic carbocycles. The summed E-state index contributed by atoms with van der Waals surface area (Å²) < 4.78 is 1.55. The summed E-state index contributed by atoms with van der Waals surface area (Å²) in [6, 6.07) is 4.61. The van der Waals surface area contributed by atoms with Crippen molar-refractivity contribution in [3.8, 4) is 0 Å². The number of aryl methyl sites for hydroxylation is 1. The highest BCUT2D eigenvalue weighted by atomic mass is 16.2. The van der Waals surface area contributed by atoms with Gasteiger partial charge in [-0.3, -0.25) is 19.3 Å². The molecule has 0 bridgehead atoms. The van der Waals surface area contributed by atoms with Crippen molar-refractivity contribution >= 4 is 35.3 Å². The van der Waals surface area contributed by atoms with Gasteiger partial charge in [0.1, 0.15) is 17.2 Å². The average Bonchev–Trinajstić information content (AvgIpc) is 3.53. The van der Waals surface area contributed by atoms with E-state index in [0.717, 1.165) is 13.0 Å². The van der Waals surface area contributed by atoms with E-state index in [1.165, 1.54) is 4.90 Å². The van der Waals surface area contributed by atoms with E-state index in [-0.39, 0.29) is 23.3 Å². The summed E-state index contributed by atoms with van der Waals surface area (Å²) >= 11 is 0. The van der Waals surface area contributed by atoms with Crippen LogP contribution in [0.25, 0.3) is 0 Å². The lowest BCUT2D eigenvalue weighted by Gasteiger charge is -2.21. The van der Waals surface area contributed by atoms with Gasteiger partial charge >= 0.3 is 12.1 Å². The number of nitrogens with one attached hydrogen (secondary N) is 3. The van der Waals surface area contributed by atoms with Crippen molar-refractivity contribution in [1.29, 1.82) is 0 Å². The maximum Gasteiger partial charge on any atom is 0.325 e. The van der Waals surface area contributed by atoms with Crippen LogP contribution >= 0.6 is 0 Å². The highest BCUT2D eigenvalue weighted by Gasteiger charge is 2.45. The Balaban J connectivity index is 1.36. The van der Waals surface area contributed by atoms with Gasteiger partial charge in [0.05, 0.1) is 18.3 Å².